The third kappa shape index (κ3) is 4.60. The Morgan fingerprint density at radius 1 is 1.21 bits per heavy atom. The van der Waals surface area contributed by atoms with Gasteiger partial charge in [-0.25, -0.2) is 13.2 Å². The zero-order chi connectivity index (χ0) is 20.9. The normalized spacial score (nSPS) is 12.4. The molecule has 1 unspecified atom stereocenters. The van der Waals surface area contributed by atoms with Gasteiger partial charge in [0.05, 0.1) is 23.6 Å². The highest BCUT2D eigenvalue weighted by atomic mass is 79.9. The lowest BCUT2D eigenvalue weighted by Gasteiger charge is -2.31. The fourth-order valence-corrected chi connectivity index (χ4v) is 4.84. The monoisotopic (exact) mass is 463 g/mol. The summed E-state index contributed by atoms with van der Waals surface area (Å²) in [6.07, 6.45) is 1.47. The Labute approximate surface area is 174 Å². The van der Waals surface area contributed by atoms with Crippen molar-refractivity contribution in [2.45, 2.75) is 17.9 Å². The van der Waals surface area contributed by atoms with E-state index in [4.69, 9.17) is 4.74 Å². The van der Waals surface area contributed by atoms with Gasteiger partial charge in [0.25, 0.3) is 0 Å². The van der Waals surface area contributed by atoms with Crippen LogP contribution in [0.4, 0.5) is 0 Å². The van der Waals surface area contributed by atoms with E-state index in [0.29, 0.717) is 10.0 Å². The predicted octanol–water partition coefficient (Wildman–Crippen LogP) is 4.40. The predicted molar refractivity (Wildman–Crippen MR) is 113 cm³/mol. The maximum atomic E-state index is 13.4. The van der Waals surface area contributed by atoms with Gasteiger partial charge < -0.3 is 4.74 Å². The molecule has 5 nitrogen and oxygen atoms in total. The maximum Gasteiger partial charge on any atom is 0.335 e. The van der Waals surface area contributed by atoms with Crippen molar-refractivity contribution in [3.05, 3.63) is 88.9 Å². The summed E-state index contributed by atoms with van der Waals surface area (Å²) in [6.45, 7) is 9.37. The van der Waals surface area contributed by atoms with Crippen LogP contribution in [0.1, 0.15) is 17.2 Å². The van der Waals surface area contributed by atoms with Crippen LogP contribution < -0.4 is 0 Å². The Morgan fingerprint density at radius 3 is 2.36 bits per heavy atom. The molecule has 28 heavy (non-hydrogen) atoms. The van der Waals surface area contributed by atoms with Gasteiger partial charge in [-0.1, -0.05) is 64.5 Å². The van der Waals surface area contributed by atoms with E-state index in [1.807, 2.05) is 6.92 Å². The van der Waals surface area contributed by atoms with Crippen molar-refractivity contribution in [3.8, 4) is 0 Å². The van der Waals surface area contributed by atoms with Crippen LogP contribution in [0.25, 0.3) is 0 Å². The average Bonchev–Trinajstić information content (AvgIpc) is 2.68. The molecule has 0 fully saturated rings. The second kappa shape index (κ2) is 9.32. The fraction of sp³-hybridized carbons (Fsp3) is 0.190. The molecule has 0 aliphatic carbocycles. The van der Waals surface area contributed by atoms with Crippen LogP contribution in [0.15, 0.2) is 82.7 Å². The molecule has 0 spiro atoms. The molecule has 1 atom stereocenters. The number of carbonyl (C=O) groups excluding carboxylic acids is 1. The van der Waals surface area contributed by atoms with Crippen LogP contribution in [0.2, 0.25) is 0 Å². The molecular weight excluding hydrogens is 442 g/mol. The SMILES string of the molecule is C=CCN(C(C(=C)C(=O)OC)c1ccccc1Br)S(=O)(=O)c1ccc(C)cc1. The van der Waals surface area contributed by atoms with Gasteiger partial charge in [-0.15, -0.1) is 6.58 Å². The first-order valence-corrected chi connectivity index (χ1v) is 10.7. The van der Waals surface area contributed by atoms with Gasteiger partial charge in [0.15, 0.2) is 0 Å². The summed E-state index contributed by atoms with van der Waals surface area (Å²) in [4.78, 5) is 12.4. The van der Waals surface area contributed by atoms with Crippen LogP contribution in [-0.2, 0) is 19.6 Å². The van der Waals surface area contributed by atoms with Gasteiger partial charge in [-0.2, -0.15) is 4.31 Å². The van der Waals surface area contributed by atoms with E-state index >= 15 is 0 Å². The first-order chi connectivity index (χ1) is 13.2. The van der Waals surface area contributed by atoms with E-state index in [1.54, 1.807) is 48.5 Å². The van der Waals surface area contributed by atoms with Crippen LogP contribution in [-0.4, -0.2) is 32.3 Å². The molecule has 0 aliphatic heterocycles. The Balaban J connectivity index is 2.69. The first kappa shape index (κ1) is 22.1. The molecule has 0 bridgehead atoms. The second-order valence-corrected chi connectivity index (χ2v) is 8.86. The molecule has 0 saturated carbocycles. The fourth-order valence-electron chi connectivity index (χ4n) is 2.77. The van der Waals surface area contributed by atoms with Crippen molar-refractivity contribution in [2.75, 3.05) is 13.7 Å². The summed E-state index contributed by atoms with van der Waals surface area (Å²) in [5.41, 5.74) is 1.53. The molecule has 0 radical (unpaired) electrons. The zero-order valence-corrected chi connectivity index (χ0v) is 18.2. The molecule has 0 N–H and O–H groups in total. The average molecular weight is 464 g/mol. The number of carbonyl (C=O) groups is 1. The van der Waals surface area contributed by atoms with Crippen molar-refractivity contribution in [2.24, 2.45) is 0 Å². The number of esters is 1. The van der Waals surface area contributed by atoms with Gasteiger partial charge in [0, 0.05) is 11.0 Å². The lowest BCUT2D eigenvalue weighted by Crippen LogP contribution is -2.37. The summed E-state index contributed by atoms with van der Waals surface area (Å²) >= 11 is 3.45. The van der Waals surface area contributed by atoms with Crippen LogP contribution >= 0.6 is 15.9 Å². The van der Waals surface area contributed by atoms with Gasteiger partial charge >= 0.3 is 5.97 Å². The summed E-state index contributed by atoms with van der Waals surface area (Å²) < 4.78 is 33.6. The number of halogens is 1. The number of hydrogen-bond donors (Lipinski definition) is 0. The van der Waals surface area contributed by atoms with Crippen molar-refractivity contribution in [1.82, 2.24) is 4.31 Å². The standard InChI is InChI=1S/C21H22BrNO4S/c1-5-14-23(28(25,26)17-12-10-15(2)11-13-17)20(16(3)21(24)27-4)18-8-6-7-9-19(18)22/h5-13,20H,1,3,14H2,2,4H3. The maximum absolute atomic E-state index is 13.4. The highest BCUT2D eigenvalue weighted by Crippen LogP contribution is 2.36. The van der Waals surface area contributed by atoms with Crippen LogP contribution in [0, 0.1) is 6.92 Å². The minimum Gasteiger partial charge on any atom is -0.466 e. The molecule has 7 heteroatoms. The van der Waals surface area contributed by atoms with Gasteiger partial charge in [0.1, 0.15) is 0 Å². The smallest absolute Gasteiger partial charge is 0.335 e. The van der Waals surface area contributed by atoms with E-state index in [-0.39, 0.29) is 17.0 Å². The highest BCUT2D eigenvalue weighted by molar-refractivity contribution is 9.10. The van der Waals surface area contributed by atoms with Crippen LogP contribution in [0.3, 0.4) is 0 Å². The lowest BCUT2D eigenvalue weighted by atomic mass is 10.00. The van der Waals surface area contributed by atoms with E-state index in [1.165, 1.54) is 17.5 Å². The van der Waals surface area contributed by atoms with Gasteiger partial charge in [-0.3, -0.25) is 0 Å². The highest BCUT2D eigenvalue weighted by Gasteiger charge is 2.36. The third-order valence-electron chi connectivity index (χ3n) is 4.20. The molecule has 148 valence electrons. The zero-order valence-electron chi connectivity index (χ0n) is 15.8. The largest absolute Gasteiger partial charge is 0.466 e. The number of sulfonamides is 1. The Hall–Kier alpha value is -2.22. The topological polar surface area (TPSA) is 63.7 Å². The van der Waals surface area contributed by atoms with E-state index in [9.17, 15) is 13.2 Å². The van der Waals surface area contributed by atoms with Crippen molar-refractivity contribution >= 4 is 31.9 Å². The molecule has 0 amide bonds. The van der Waals surface area contributed by atoms with E-state index in [2.05, 4.69) is 29.1 Å². The number of rotatable bonds is 8. The second-order valence-electron chi connectivity index (χ2n) is 6.12. The van der Waals surface area contributed by atoms with E-state index < -0.39 is 22.0 Å². The van der Waals surface area contributed by atoms with Crippen molar-refractivity contribution in [3.63, 3.8) is 0 Å². The molecule has 2 rings (SSSR count). The Morgan fingerprint density at radius 2 is 1.82 bits per heavy atom. The summed E-state index contributed by atoms with van der Waals surface area (Å²) in [5.74, 6) is -0.686. The summed E-state index contributed by atoms with van der Waals surface area (Å²) in [5, 5.41) is 0. The molecule has 0 aromatic heterocycles. The molecule has 0 heterocycles. The number of benzene rings is 2. The summed E-state index contributed by atoms with van der Waals surface area (Å²) in [7, 11) is -2.73. The van der Waals surface area contributed by atoms with Crippen molar-refractivity contribution in [1.29, 1.82) is 0 Å². The number of ether oxygens (including phenoxy) is 1. The lowest BCUT2D eigenvalue weighted by molar-refractivity contribution is -0.136. The minimum atomic E-state index is -3.96. The Kier molecular flexibility index (Phi) is 7.35. The molecule has 2 aromatic carbocycles. The molecule has 0 saturated heterocycles. The molecule has 0 aliphatic rings. The number of methoxy groups -OCH3 is 1. The van der Waals surface area contributed by atoms with Crippen molar-refractivity contribution < 1.29 is 17.9 Å². The Bertz CT molecular complexity index is 984. The quantitative estimate of drug-likeness (QED) is 0.330. The molecule has 2 aromatic rings. The molecular formula is C21H22BrNO4S. The van der Waals surface area contributed by atoms with E-state index in [0.717, 1.165) is 5.56 Å². The minimum absolute atomic E-state index is 0.00642. The van der Waals surface area contributed by atoms with Crippen LogP contribution in [0.5, 0.6) is 0 Å². The van der Waals surface area contributed by atoms with Gasteiger partial charge in [-0.05, 0) is 30.7 Å². The summed E-state index contributed by atoms with van der Waals surface area (Å²) in [6, 6.07) is 12.6. The number of nitrogens with zero attached hydrogens (tertiary/aromatic N) is 1. The third-order valence-corrected chi connectivity index (χ3v) is 6.77. The van der Waals surface area contributed by atoms with Gasteiger partial charge in [0.2, 0.25) is 10.0 Å². The number of hydrogen-bond acceptors (Lipinski definition) is 4. The first-order valence-electron chi connectivity index (χ1n) is 8.45. The number of aryl methyl sites for hydroxylation is 1.